The highest BCUT2D eigenvalue weighted by atomic mass is 16.5. The molecule has 0 aromatic heterocycles. The Balaban J connectivity index is 1.44. The van der Waals surface area contributed by atoms with E-state index in [1.807, 2.05) is 20.8 Å². The Morgan fingerprint density at radius 1 is 0.857 bits per heavy atom. The average molecular weight is 683 g/mol. The zero-order valence-corrected chi connectivity index (χ0v) is 32.9. The molecule has 0 saturated heterocycles. The molecule has 5 aliphatic carbocycles. The van der Waals surface area contributed by atoms with Crippen LogP contribution in [0.5, 0.6) is 0 Å². The van der Waals surface area contributed by atoms with Crippen LogP contribution in [0.3, 0.4) is 0 Å². The van der Waals surface area contributed by atoms with Gasteiger partial charge in [-0.1, -0.05) is 48.5 Å². The molecular formula is C41H66N2O6. The third-order valence-corrected chi connectivity index (χ3v) is 14.8. The Morgan fingerprint density at radius 2 is 1.51 bits per heavy atom. The maximum Gasteiger partial charge on any atom is 0.315 e. The summed E-state index contributed by atoms with van der Waals surface area (Å²) in [6.45, 7) is 25.9. The summed E-state index contributed by atoms with van der Waals surface area (Å²) in [4.78, 5) is 52.8. The molecule has 8 nitrogen and oxygen atoms in total. The van der Waals surface area contributed by atoms with E-state index in [2.05, 4.69) is 59.1 Å². The minimum absolute atomic E-state index is 0.000437. The molecule has 276 valence electrons. The van der Waals surface area contributed by atoms with Crippen LogP contribution in [0.15, 0.2) is 11.1 Å². The van der Waals surface area contributed by atoms with Crippen LogP contribution in [-0.2, 0) is 23.9 Å². The normalized spacial score (nSPS) is 38.5. The smallest absolute Gasteiger partial charge is 0.315 e. The number of ether oxygens (including phenoxy) is 2. The van der Waals surface area contributed by atoms with Crippen LogP contribution in [0.2, 0.25) is 0 Å². The summed E-state index contributed by atoms with van der Waals surface area (Å²) < 4.78 is 11.2. The number of Topliss-reactive ketones (excluding diaryl/α,β-unsaturated/α-hetero) is 1. The molecule has 5 rings (SSSR count). The first-order valence-electron chi connectivity index (χ1n) is 19.0. The summed E-state index contributed by atoms with van der Waals surface area (Å²) in [6.07, 6.45) is 7.99. The largest absolute Gasteiger partial charge is 0.469 e. The summed E-state index contributed by atoms with van der Waals surface area (Å²) in [7, 11) is 1.35. The number of fused-ring (bicyclic) bond motifs is 7. The van der Waals surface area contributed by atoms with Crippen molar-refractivity contribution in [3.8, 4) is 0 Å². The number of amides is 2. The van der Waals surface area contributed by atoms with E-state index in [9.17, 15) is 19.2 Å². The molecule has 49 heavy (non-hydrogen) atoms. The second kappa shape index (κ2) is 12.1. The molecule has 0 aliphatic heterocycles. The first kappa shape index (κ1) is 37.9. The monoisotopic (exact) mass is 682 g/mol. The van der Waals surface area contributed by atoms with Crippen molar-refractivity contribution in [1.82, 2.24) is 10.6 Å². The summed E-state index contributed by atoms with van der Waals surface area (Å²) in [5.74, 6) is 0.707. The summed E-state index contributed by atoms with van der Waals surface area (Å²) in [5, 5.41) is 6.52. The van der Waals surface area contributed by atoms with Crippen molar-refractivity contribution < 1.29 is 28.7 Å². The predicted octanol–water partition coefficient (Wildman–Crippen LogP) is 8.32. The number of carbonyl (C=O) groups excluding carboxylic acids is 4. The highest BCUT2D eigenvalue weighted by Crippen LogP contribution is 2.76. The van der Waals surface area contributed by atoms with Gasteiger partial charge in [-0.05, 0) is 137 Å². The fourth-order valence-corrected chi connectivity index (χ4v) is 12.4. The number of hydrogen-bond donors (Lipinski definition) is 2. The molecule has 0 aromatic rings. The van der Waals surface area contributed by atoms with Crippen molar-refractivity contribution in [3.05, 3.63) is 11.1 Å². The Labute approximate surface area is 296 Å². The number of carbonyl (C=O) groups is 4. The first-order chi connectivity index (χ1) is 22.4. The molecule has 0 aromatic carbocycles. The highest BCUT2D eigenvalue weighted by Gasteiger charge is 2.70. The van der Waals surface area contributed by atoms with E-state index in [1.165, 1.54) is 12.7 Å². The van der Waals surface area contributed by atoms with E-state index in [-0.39, 0.29) is 69.3 Å². The number of ketones is 1. The fraction of sp³-hybridized carbons (Fsp3) is 0.854. The van der Waals surface area contributed by atoms with Crippen LogP contribution in [0.1, 0.15) is 147 Å². The standard InChI is InChI=1S/C41H66N2O6/c1-24(2)31-26(44)22-41(43-34(47)42-35(3,4)5)21-20-39(11)25(32(31)41)14-15-28-38(10)18-17-29(37(8,9)27(38)16-19-40(28,39)12)49-30(45)23-36(6,7)33(46)48-13/h24-25,27-29H,14-23H2,1-13H3,(H2,42,43,47)/t25?,27?,28?,29-,38-,39+,40+,41+/m0/s1. The Bertz CT molecular complexity index is 1420. The van der Waals surface area contributed by atoms with Gasteiger partial charge in [-0.2, -0.15) is 0 Å². The van der Waals surface area contributed by atoms with Crippen molar-refractivity contribution in [2.45, 2.75) is 164 Å². The predicted molar refractivity (Wildman–Crippen MR) is 191 cm³/mol. The Kier molecular flexibility index (Phi) is 9.35. The lowest BCUT2D eigenvalue weighted by molar-refractivity contribution is -0.232. The number of rotatable bonds is 6. The molecule has 2 amide bonds. The third kappa shape index (κ3) is 5.97. The van der Waals surface area contributed by atoms with Gasteiger partial charge in [0.05, 0.1) is 24.5 Å². The maximum absolute atomic E-state index is 13.8. The van der Waals surface area contributed by atoms with Crippen LogP contribution >= 0.6 is 0 Å². The van der Waals surface area contributed by atoms with Gasteiger partial charge in [0.1, 0.15) is 6.10 Å². The zero-order chi connectivity index (χ0) is 36.8. The molecule has 0 spiro atoms. The van der Waals surface area contributed by atoms with Gasteiger partial charge in [0.2, 0.25) is 0 Å². The van der Waals surface area contributed by atoms with Crippen molar-refractivity contribution >= 4 is 23.8 Å². The van der Waals surface area contributed by atoms with Crippen LogP contribution in [-0.4, -0.2) is 48.0 Å². The van der Waals surface area contributed by atoms with E-state index >= 15 is 0 Å². The molecule has 8 atom stereocenters. The van der Waals surface area contributed by atoms with Crippen molar-refractivity contribution in [3.63, 3.8) is 0 Å². The first-order valence-corrected chi connectivity index (χ1v) is 19.0. The number of esters is 2. The molecule has 5 aliphatic rings. The van der Waals surface area contributed by atoms with E-state index < -0.39 is 16.9 Å². The number of urea groups is 1. The lowest BCUT2D eigenvalue weighted by atomic mass is 9.33. The van der Waals surface area contributed by atoms with Gasteiger partial charge in [-0.3, -0.25) is 14.4 Å². The van der Waals surface area contributed by atoms with Crippen LogP contribution in [0.25, 0.3) is 0 Å². The topological polar surface area (TPSA) is 111 Å². The number of methoxy groups -OCH3 is 1. The third-order valence-electron chi connectivity index (χ3n) is 14.8. The van der Waals surface area contributed by atoms with Crippen LogP contribution < -0.4 is 10.6 Å². The Hall–Kier alpha value is -2.38. The zero-order valence-electron chi connectivity index (χ0n) is 32.9. The van der Waals surface area contributed by atoms with E-state index in [1.54, 1.807) is 13.8 Å². The molecule has 0 bridgehead atoms. The number of hydrogen-bond acceptors (Lipinski definition) is 6. The van der Waals surface area contributed by atoms with Gasteiger partial charge >= 0.3 is 18.0 Å². The molecule has 2 N–H and O–H groups in total. The summed E-state index contributed by atoms with van der Waals surface area (Å²) in [6, 6.07) is -0.187. The molecule has 4 saturated carbocycles. The van der Waals surface area contributed by atoms with Gasteiger partial charge in [0, 0.05) is 17.4 Å². The lowest BCUT2D eigenvalue weighted by Crippen LogP contribution is -2.67. The van der Waals surface area contributed by atoms with Gasteiger partial charge < -0.3 is 20.1 Å². The second-order valence-corrected chi connectivity index (χ2v) is 20.0. The minimum Gasteiger partial charge on any atom is -0.469 e. The van der Waals surface area contributed by atoms with E-state index in [4.69, 9.17) is 9.47 Å². The van der Waals surface area contributed by atoms with Crippen molar-refractivity contribution in [1.29, 1.82) is 0 Å². The lowest BCUT2D eigenvalue weighted by Gasteiger charge is -2.72. The van der Waals surface area contributed by atoms with E-state index in [0.717, 1.165) is 56.9 Å². The SMILES string of the molecule is COC(=O)C(C)(C)CC(=O)O[C@H]1CC[C@@]2(C)C(CC[C@]3(C)C2CCC2C4=C(C(C)C)C(=O)C[C@]4(NC(=O)NC(C)(C)C)CC[C@]23C)C1(C)C. The molecule has 4 fully saturated rings. The van der Waals surface area contributed by atoms with Gasteiger partial charge in [-0.25, -0.2) is 4.79 Å². The molecule has 8 heteroatoms. The van der Waals surface area contributed by atoms with Gasteiger partial charge in [0.15, 0.2) is 5.78 Å². The van der Waals surface area contributed by atoms with Crippen LogP contribution in [0.4, 0.5) is 4.79 Å². The van der Waals surface area contributed by atoms with Crippen molar-refractivity contribution in [2.75, 3.05) is 7.11 Å². The van der Waals surface area contributed by atoms with Crippen molar-refractivity contribution in [2.24, 2.45) is 50.7 Å². The second-order valence-electron chi connectivity index (χ2n) is 20.0. The highest BCUT2D eigenvalue weighted by molar-refractivity contribution is 6.02. The Morgan fingerprint density at radius 3 is 2.10 bits per heavy atom. The summed E-state index contributed by atoms with van der Waals surface area (Å²) >= 11 is 0. The minimum atomic E-state index is -0.932. The fourth-order valence-electron chi connectivity index (χ4n) is 12.4. The average Bonchev–Trinajstić information content (AvgIpc) is 3.24. The number of allylic oxidation sites excluding steroid dienone is 1. The molecule has 0 radical (unpaired) electrons. The summed E-state index contributed by atoms with van der Waals surface area (Å²) in [5.41, 5.74) is 0.199. The van der Waals surface area contributed by atoms with Gasteiger partial charge in [-0.15, -0.1) is 0 Å². The molecule has 0 heterocycles. The van der Waals surface area contributed by atoms with Gasteiger partial charge in [0.25, 0.3) is 0 Å². The molecular weight excluding hydrogens is 616 g/mol. The van der Waals surface area contributed by atoms with E-state index in [0.29, 0.717) is 18.3 Å². The number of nitrogens with one attached hydrogen (secondary N) is 2. The molecule has 3 unspecified atom stereocenters. The van der Waals surface area contributed by atoms with Crippen LogP contribution in [0, 0.1) is 50.7 Å². The maximum atomic E-state index is 13.8. The quantitative estimate of drug-likeness (QED) is 0.273.